The fourth-order valence-corrected chi connectivity index (χ4v) is 2.30. The number of carbonyl (C=O) groups is 1. The number of aryl methyl sites for hydroxylation is 1. The summed E-state index contributed by atoms with van der Waals surface area (Å²) in [7, 11) is 0. The van der Waals surface area contributed by atoms with Crippen molar-refractivity contribution >= 4 is 5.78 Å². The first kappa shape index (κ1) is 9.94. The first-order valence-corrected chi connectivity index (χ1v) is 6.10. The molecule has 2 aliphatic rings. The molecule has 0 aliphatic heterocycles. The number of ketones is 1. The zero-order valence-electron chi connectivity index (χ0n) is 9.79. The van der Waals surface area contributed by atoms with Crippen LogP contribution in [0, 0.1) is 0 Å². The summed E-state index contributed by atoms with van der Waals surface area (Å²) in [5.41, 5.74) is 2.92. The van der Waals surface area contributed by atoms with Gasteiger partial charge < -0.3 is 0 Å². The highest BCUT2D eigenvalue weighted by molar-refractivity contribution is 6.01. The second-order valence-corrected chi connectivity index (χ2v) is 5.14. The highest BCUT2D eigenvalue weighted by Crippen LogP contribution is 2.43. The van der Waals surface area contributed by atoms with E-state index in [1.54, 1.807) is 0 Å². The molecule has 0 radical (unpaired) electrons. The number of fused-ring (bicyclic) bond motifs is 1. The fourth-order valence-electron chi connectivity index (χ4n) is 2.30. The average Bonchev–Trinajstić information content (AvgIpc) is 3.03. The van der Waals surface area contributed by atoms with Crippen LogP contribution < -0.4 is 0 Å². The zero-order chi connectivity index (χ0) is 11.3. The summed E-state index contributed by atoms with van der Waals surface area (Å²) in [5.74, 6) is 2.05. The molecule has 0 amide bonds. The van der Waals surface area contributed by atoms with E-state index in [1.807, 2.05) is 0 Å². The van der Waals surface area contributed by atoms with Crippen molar-refractivity contribution in [2.24, 2.45) is 0 Å². The van der Waals surface area contributed by atoms with Gasteiger partial charge in [-0.2, -0.15) is 0 Å². The van der Waals surface area contributed by atoms with Crippen LogP contribution in [0.5, 0.6) is 0 Å². The Labute approximate surface area is 95.3 Å². The van der Waals surface area contributed by atoms with Crippen LogP contribution in [0.1, 0.15) is 72.5 Å². The van der Waals surface area contributed by atoms with Crippen molar-refractivity contribution in [3.63, 3.8) is 0 Å². The summed E-state index contributed by atoms with van der Waals surface area (Å²) in [6.07, 6.45) is 3.82. The molecule has 1 aromatic heterocycles. The van der Waals surface area contributed by atoms with Gasteiger partial charge in [-0.25, -0.2) is 9.97 Å². The summed E-state index contributed by atoms with van der Waals surface area (Å²) < 4.78 is 0. The SMILES string of the molecule is CC(C)c1nc2c(c(C3CC3)n1)C(=O)CC2. The van der Waals surface area contributed by atoms with E-state index in [-0.39, 0.29) is 5.78 Å². The van der Waals surface area contributed by atoms with Crippen molar-refractivity contribution in [2.75, 3.05) is 0 Å². The predicted octanol–water partition coefficient (Wildman–Crippen LogP) is 2.61. The Hall–Kier alpha value is -1.25. The van der Waals surface area contributed by atoms with E-state index in [4.69, 9.17) is 0 Å². The summed E-state index contributed by atoms with van der Waals surface area (Å²) in [6.45, 7) is 4.21. The van der Waals surface area contributed by atoms with Gasteiger partial charge in [-0.05, 0) is 19.3 Å². The summed E-state index contributed by atoms with van der Waals surface area (Å²) in [5, 5.41) is 0. The highest BCUT2D eigenvalue weighted by atomic mass is 16.1. The molecule has 3 rings (SSSR count). The number of nitrogens with zero attached hydrogens (tertiary/aromatic N) is 2. The molecule has 1 heterocycles. The van der Waals surface area contributed by atoms with Crippen LogP contribution >= 0.6 is 0 Å². The molecule has 1 saturated carbocycles. The van der Waals surface area contributed by atoms with Crippen molar-refractivity contribution in [3.8, 4) is 0 Å². The van der Waals surface area contributed by atoms with Crippen molar-refractivity contribution in [3.05, 3.63) is 22.8 Å². The number of carbonyl (C=O) groups excluding carboxylic acids is 1. The maximum absolute atomic E-state index is 11.8. The number of aromatic nitrogens is 2. The van der Waals surface area contributed by atoms with Gasteiger partial charge in [0, 0.05) is 18.3 Å². The minimum atomic E-state index is 0.257. The molecule has 0 atom stereocenters. The molecular formula is C13H16N2O. The van der Waals surface area contributed by atoms with Gasteiger partial charge in [-0.3, -0.25) is 4.79 Å². The van der Waals surface area contributed by atoms with E-state index in [0.29, 0.717) is 18.3 Å². The molecule has 0 saturated heterocycles. The van der Waals surface area contributed by atoms with E-state index in [0.717, 1.165) is 29.2 Å². The zero-order valence-corrected chi connectivity index (χ0v) is 9.79. The number of hydrogen-bond donors (Lipinski definition) is 0. The first-order chi connectivity index (χ1) is 7.66. The van der Waals surface area contributed by atoms with E-state index < -0.39 is 0 Å². The van der Waals surface area contributed by atoms with Crippen LogP contribution in [0.15, 0.2) is 0 Å². The van der Waals surface area contributed by atoms with Gasteiger partial charge in [0.15, 0.2) is 5.78 Å². The third-order valence-electron chi connectivity index (χ3n) is 3.38. The highest BCUT2D eigenvalue weighted by Gasteiger charge is 2.35. The maximum atomic E-state index is 11.8. The Bertz CT molecular complexity index is 461. The Morgan fingerprint density at radius 2 is 1.94 bits per heavy atom. The largest absolute Gasteiger partial charge is 0.294 e. The third-order valence-corrected chi connectivity index (χ3v) is 3.38. The smallest absolute Gasteiger partial charge is 0.166 e. The lowest BCUT2D eigenvalue weighted by molar-refractivity contribution is 0.0993. The van der Waals surface area contributed by atoms with Gasteiger partial charge in [0.25, 0.3) is 0 Å². The third kappa shape index (κ3) is 1.46. The predicted molar refractivity (Wildman–Crippen MR) is 60.7 cm³/mol. The molecule has 2 aliphatic carbocycles. The Kier molecular flexibility index (Phi) is 2.09. The topological polar surface area (TPSA) is 42.9 Å². The molecule has 0 unspecified atom stereocenters. The van der Waals surface area contributed by atoms with Crippen LogP contribution in [0.4, 0.5) is 0 Å². The number of rotatable bonds is 2. The van der Waals surface area contributed by atoms with E-state index >= 15 is 0 Å². The Balaban J connectivity index is 2.16. The average molecular weight is 216 g/mol. The van der Waals surface area contributed by atoms with Crippen molar-refractivity contribution in [2.45, 2.75) is 51.4 Å². The number of hydrogen-bond acceptors (Lipinski definition) is 3. The van der Waals surface area contributed by atoms with E-state index in [9.17, 15) is 4.79 Å². The molecule has 3 nitrogen and oxygen atoms in total. The molecule has 3 heteroatoms. The van der Waals surface area contributed by atoms with Crippen molar-refractivity contribution in [1.29, 1.82) is 0 Å². The van der Waals surface area contributed by atoms with E-state index in [2.05, 4.69) is 23.8 Å². The molecule has 1 fully saturated rings. The lowest BCUT2D eigenvalue weighted by atomic mass is 10.1. The first-order valence-electron chi connectivity index (χ1n) is 6.10. The summed E-state index contributed by atoms with van der Waals surface area (Å²) in [6, 6.07) is 0. The summed E-state index contributed by atoms with van der Waals surface area (Å²) >= 11 is 0. The maximum Gasteiger partial charge on any atom is 0.166 e. The molecule has 1 aromatic rings. The molecule has 16 heavy (non-hydrogen) atoms. The van der Waals surface area contributed by atoms with E-state index in [1.165, 1.54) is 12.8 Å². The van der Waals surface area contributed by atoms with Gasteiger partial charge in [-0.1, -0.05) is 13.8 Å². The second-order valence-electron chi connectivity index (χ2n) is 5.14. The molecule has 0 spiro atoms. The minimum Gasteiger partial charge on any atom is -0.294 e. The standard InChI is InChI=1S/C13H16N2O/c1-7(2)13-14-9-5-6-10(16)11(9)12(15-13)8-3-4-8/h7-8H,3-6H2,1-2H3. The van der Waals surface area contributed by atoms with Crippen molar-refractivity contribution < 1.29 is 4.79 Å². The lowest BCUT2D eigenvalue weighted by Crippen LogP contribution is -2.08. The van der Waals surface area contributed by atoms with Crippen LogP contribution in [-0.2, 0) is 6.42 Å². The Morgan fingerprint density at radius 1 is 1.19 bits per heavy atom. The molecule has 84 valence electrons. The normalized spacial score (nSPS) is 19.3. The Morgan fingerprint density at radius 3 is 2.56 bits per heavy atom. The van der Waals surface area contributed by atoms with Gasteiger partial charge in [0.05, 0.1) is 17.0 Å². The van der Waals surface area contributed by atoms with Crippen molar-refractivity contribution in [1.82, 2.24) is 9.97 Å². The molecule has 0 N–H and O–H groups in total. The fraction of sp³-hybridized carbons (Fsp3) is 0.615. The van der Waals surface area contributed by atoms with Crippen LogP contribution in [0.2, 0.25) is 0 Å². The molecular weight excluding hydrogens is 200 g/mol. The van der Waals surface area contributed by atoms with Gasteiger partial charge in [-0.15, -0.1) is 0 Å². The summed E-state index contributed by atoms with van der Waals surface area (Å²) in [4.78, 5) is 21.0. The van der Waals surface area contributed by atoms with Gasteiger partial charge >= 0.3 is 0 Å². The van der Waals surface area contributed by atoms with Crippen LogP contribution in [0.25, 0.3) is 0 Å². The van der Waals surface area contributed by atoms with Crippen LogP contribution in [-0.4, -0.2) is 15.8 Å². The van der Waals surface area contributed by atoms with Gasteiger partial charge in [0.1, 0.15) is 5.82 Å². The van der Waals surface area contributed by atoms with Gasteiger partial charge in [0.2, 0.25) is 0 Å². The quantitative estimate of drug-likeness (QED) is 0.763. The second kappa shape index (κ2) is 3.37. The number of Topliss-reactive ketones (excluding diaryl/α,β-unsaturated/α-hetero) is 1. The molecule has 0 bridgehead atoms. The minimum absolute atomic E-state index is 0.257. The monoisotopic (exact) mass is 216 g/mol. The molecule has 0 aromatic carbocycles. The lowest BCUT2D eigenvalue weighted by Gasteiger charge is -2.10. The van der Waals surface area contributed by atoms with Crippen LogP contribution in [0.3, 0.4) is 0 Å².